The Morgan fingerprint density at radius 1 is 0.830 bits per heavy atom. The Bertz CT molecular complexity index is 1700. The number of hydrogen-bond acceptors (Lipinski definition) is 5. The molecule has 6 rings (SSSR count). The van der Waals surface area contributed by atoms with E-state index in [1.54, 1.807) is 17.3 Å². The number of alkyl halides is 6. The molecule has 0 radical (unpaired) electrons. The standard InChI is InChI=1S/C33H32F6N6O2/c34-32(35,36)24-15-22(16-25(18-24)33(37,38)39)31(47)45-14-9-42(20-26(45)17-23-19-41-28-6-2-1-5-27(23)28)21-30(46)44-12-10-43(11-13-44)29-7-3-4-8-40-29/h1-8,15-16,18-19,26,41H,9-14,17,20-21H2. The number of H-pyrrole nitrogens is 1. The van der Waals surface area contributed by atoms with Crippen LogP contribution in [0.4, 0.5) is 32.2 Å². The van der Waals surface area contributed by atoms with E-state index in [4.69, 9.17) is 0 Å². The topological polar surface area (TPSA) is 75.8 Å². The average Bonchev–Trinajstić information content (AvgIpc) is 3.46. The summed E-state index contributed by atoms with van der Waals surface area (Å²) < 4.78 is 81.7. The van der Waals surface area contributed by atoms with Crippen LogP contribution in [0.2, 0.25) is 0 Å². The first-order chi connectivity index (χ1) is 22.4. The van der Waals surface area contributed by atoms with E-state index >= 15 is 0 Å². The van der Waals surface area contributed by atoms with Gasteiger partial charge in [-0.1, -0.05) is 24.3 Å². The number of carbonyl (C=O) groups excluding carboxylic acids is 2. The van der Waals surface area contributed by atoms with Crippen LogP contribution in [0.15, 0.2) is 73.1 Å². The third-order valence-electron chi connectivity index (χ3n) is 8.76. The molecule has 2 aromatic heterocycles. The summed E-state index contributed by atoms with van der Waals surface area (Å²) in [5.41, 5.74) is -2.10. The van der Waals surface area contributed by atoms with Crippen molar-refractivity contribution in [1.29, 1.82) is 0 Å². The number of nitrogens with zero attached hydrogens (tertiary/aromatic N) is 5. The lowest BCUT2D eigenvalue weighted by molar-refractivity contribution is -0.143. The van der Waals surface area contributed by atoms with Gasteiger partial charge < -0.3 is 19.7 Å². The van der Waals surface area contributed by atoms with Crippen LogP contribution in [0, 0.1) is 0 Å². The van der Waals surface area contributed by atoms with E-state index in [0.717, 1.165) is 22.3 Å². The first-order valence-electron chi connectivity index (χ1n) is 15.2. The molecule has 0 saturated carbocycles. The molecule has 2 fully saturated rings. The number of para-hydroxylation sites is 1. The third kappa shape index (κ3) is 7.22. The summed E-state index contributed by atoms with van der Waals surface area (Å²) in [5.74, 6) is -0.185. The maximum absolute atomic E-state index is 13.8. The van der Waals surface area contributed by atoms with E-state index in [1.165, 1.54) is 4.90 Å². The van der Waals surface area contributed by atoms with Crippen molar-refractivity contribution in [2.45, 2.75) is 24.8 Å². The summed E-state index contributed by atoms with van der Waals surface area (Å²) in [6.07, 6.45) is -6.39. The number of carbonyl (C=O) groups is 2. The SMILES string of the molecule is O=C(CN1CCN(C(=O)c2cc(C(F)(F)F)cc(C(F)(F)F)c2)C(Cc2c[nH]c3ccccc23)C1)N1CCN(c2ccccn2)CC1. The summed E-state index contributed by atoms with van der Waals surface area (Å²) in [4.78, 5) is 41.8. The second-order valence-electron chi connectivity index (χ2n) is 11.8. The van der Waals surface area contributed by atoms with Crippen LogP contribution < -0.4 is 4.90 Å². The van der Waals surface area contributed by atoms with Crippen molar-refractivity contribution in [3.63, 3.8) is 0 Å². The second kappa shape index (κ2) is 12.9. The molecule has 1 atom stereocenters. The van der Waals surface area contributed by atoms with E-state index in [9.17, 15) is 35.9 Å². The van der Waals surface area contributed by atoms with Crippen LogP contribution in [-0.2, 0) is 23.6 Å². The Labute approximate surface area is 266 Å². The first-order valence-corrected chi connectivity index (χ1v) is 15.2. The number of halogens is 6. The lowest BCUT2D eigenvalue weighted by atomic mass is 9.98. The van der Waals surface area contributed by atoms with Gasteiger partial charge in [-0.15, -0.1) is 0 Å². The predicted octanol–water partition coefficient (Wildman–Crippen LogP) is 5.32. The van der Waals surface area contributed by atoms with Gasteiger partial charge in [-0.05, 0) is 48.4 Å². The van der Waals surface area contributed by atoms with Crippen molar-refractivity contribution in [3.8, 4) is 0 Å². The predicted molar refractivity (Wildman–Crippen MR) is 163 cm³/mol. The molecule has 0 bridgehead atoms. The highest BCUT2D eigenvalue weighted by molar-refractivity contribution is 5.95. The number of amides is 2. The van der Waals surface area contributed by atoms with E-state index in [-0.39, 0.29) is 44.6 Å². The zero-order valence-corrected chi connectivity index (χ0v) is 25.2. The van der Waals surface area contributed by atoms with Crippen LogP contribution in [0.25, 0.3) is 10.9 Å². The largest absolute Gasteiger partial charge is 0.416 e. The summed E-state index contributed by atoms with van der Waals surface area (Å²) in [5, 5.41) is 0.886. The van der Waals surface area contributed by atoms with E-state index in [2.05, 4.69) is 14.9 Å². The van der Waals surface area contributed by atoms with Gasteiger partial charge in [0.1, 0.15) is 5.82 Å². The van der Waals surface area contributed by atoms with Gasteiger partial charge in [-0.3, -0.25) is 14.5 Å². The molecule has 4 heterocycles. The number of anilines is 1. The first kappa shape index (κ1) is 32.4. The van der Waals surface area contributed by atoms with Crippen molar-refractivity contribution >= 4 is 28.5 Å². The van der Waals surface area contributed by atoms with Gasteiger partial charge in [0.2, 0.25) is 5.91 Å². The molecule has 47 heavy (non-hydrogen) atoms. The zero-order valence-electron chi connectivity index (χ0n) is 25.2. The van der Waals surface area contributed by atoms with Crippen LogP contribution in [0.5, 0.6) is 0 Å². The minimum Gasteiger partial charge on any atom is -0.361 e. The van der Waals surface area contributed by atoms with E-state index in [0.29, 0.717) is 38.3 Å². The number of aromatic nitrogens is 2. The highest BCUT2D eigenvalue weighted by atomic mass is 19.4. The van der Waals surface area contributed by atoms with Gasteiger partial charge in [-0.25, -0.2) is 4.98 Å². The summed E-state index contributed by atoms with van der Waals surface area (Å²) in [6.45, 7) is 2.75. The highest BCUT2D eigenvalue weighted by Crippen LogP contribution is 2.37. The van der Waals surface area contributed by atoms with Gasteiger partial charge in [0.05, 0.1) is 17.7 Å². The molecule has 0 spiro atoms. The number of fused-ring (bicyclic) bond motifs is 1. The Morgan fingerprint density at radius 2 is 1.51 bits per heavy atom. The second-order valence-corrected chi connectivity index (χ2v) is 11.8. The highest BCUT2D eigenvalue weighted by Gasteiger charge is 2.39. The van der Waals surface area contributed by atoms with Crippen molar-refractivity contribution in [2.24, 2.45) is 0 Å². The smallest absolute Gasteiger partial charge is 0.361 e. The van der Waals surface area contributed by atoms with E-state index < -0.39 is 41.0 Å². The maximum Gasteiger partial charge on any atom is 0.416 e. The summed E-state index contributed by atoms with van der Waals surface area (Å²) in [6, 6.07) is 13.5. The molecular weight excluding hydrogens is 626 g/mol. The zero-order chi connectivity index (χ0) is 33.3. The number of benzene rings is 2. The van der Waals surface area contributed by atoms with Gasteiger partial charge >= 0.3 is 12.4 Å². The molecule has 2 aliphatic heterocycles. The molecule has 2 amide bonds. The van der Waals surface area contributed by atoms with Crippen LogP contribution in [0.1, 0.15) is 27.0 Å². The van der Waals surface area contributed by atoms with Crippen LogP contribution in [-0.4, -0.2) is 94.9 Å². The van der Waals surface area contributed by atoms with Gasteiger partial charge in [-0.2, -0.15) is 26.3 Å². The van der Waals surface area contributed by atoms with Crippen molar-refractivity contribution in [2.75, 3.05) is 57.3 Å². The molecule has 2 aliphatic rings. The van der Waals surface area contributed by atoms with Gasteiger partial charge in [0.15, 0.2) is 0 Å². The fraction of sp³-hybridized carbons (Fsp3) is 0.364. The molecule has 2 saturated heterocycles. The minimum absolute atomic E-state index is 0.0138. The number of hydrogen-bond donors (Lipinski definition) is 1. The Balaban J connectivity index is 1.21. The van der Waals surface area contributed by atoms with Crippen molar-refractivity contribution in [3.05, 3.63) is 95.3 Å². The van der Waals surface area contributed by atoms with Crippen LogP contribution >= 0.6 is 0 Å². The molecule has 8 nitrogen and oxygen atoms in total. The van der Waals surface area contributed by atoms with Crippen molar-refractivity contribution in [1.82, 2.24) is 24.7 Å². The monoisotopic (exact) mass is 658 g/mol. The molecule has 1 unspecified atom stereocenters. The average molecular weight is 659 g/mol. The normalized spacial score (nSPS) is 18.2. The fourth-order valence-corrected chi connectivity index (χ4v) is 6.32. The molecular formula is C33H32F6N6O2. The molecule has 4 aromatic rings. The Kier molecular flexibility index (Phi) is 8.88. The fourth-order valence-electron chi connectivity index (χ4n) is 6.32. The maximum atomic E-state index is 13.8. The summed E-state index contributed by atoms with van der Waals surface area (Å²) in [7, 11) is 0. The van der Waals surface area contributed by atoms with Crippen molar-refractivity contribution < 1.29 is 35.9 Å². The number of aromatic amines is 1. The number of nitrogens with one attached hydrogen (secondary N) is 1. The number of piperazine rings is 2. The number of rotatable bonds is 6. The molecule has 14 heteroatoms. The Hall–Kier alpha value is -4.59. The number of pyridine rings is 1. The lowest BCUT2D eigenvalue weighted by Gasteiger charge is -2.42. The van der Waals surface area contributed by atoms with E-state index in [1.807, 2.05) is 47.4 Å². The molecule has 2 aromatic carbocycles. The minimum atomic E-state index is -5.08. The van der Waals surface area contributed by atoms with Gasteiger partial charge in [0, 0.05) is 80.7 Å². The quantitative estimate of drug-likeness (QED) is 0.284. The van der Waals surface area contributed by atoms with Gasteiger partial charge in [0.25, 0.3) is 5.91 Å². The van der Waals surface area contributed by atoms with Crippen LogP contribution in [0.3, 0.4) is 0 Å². The Morgan fingerprint density at radius 3 is 2.17 bits per heavy atom. The third-order valence-corrected chi connectivity index (χ3v) is 8.76. The summed E-state index contributed by atoms with van der Waals surface area (Å²) >= 11 is 0. The molecule has 248 valence electrons. The molecule has 1 N–H and O–H groups in total. The molecule has 0 aliphatic carbocycles. The lowest BCUT2D eigenvalue weighted by Crippen LogP contribution is -2.58.